The molecule has 1 atom stereocenters. The molecule has 0 aromatic heterocycles. The quantitative estimate of drug-likeness (QED) is 0.714. The molecular weight excluding hydrogens is 385 g/mol. The van der Waals surface area contributed by atoms with Crippen LogP contribution in [0.25, 0.3) is 0 Å². The van der Waals surface area contributed by atoms with Crippen LogP contribution in [0.3, 0.4) is 0 Å². The molecule has 2 nitrogen and oxygen atoms in total. The van der Waals surface area contributed by atoms with E-state index in [-0.39, 0.29) is 6.04 Å². The summed E-state index contributed by atoms with van der Waals surface area (Å²) in [5, 5.41) is 0.706. The lowest BCUT2D eigenvalue weighted by Gasteiger charge is -2.12. The van der Waals surface area contributed by atoms with Crippen molar-refractivity contribution in [3.8, 4) is 11.5 Å². The van der Waals surface area contributed by atoms with Gasteiger partial charge in [0.2, 0.25) is 0 Å². The van der Waals surface area contributed by atoms with Crippen LogP contribution in [0, 0.1) is 3.57 Å². The summed E-state index contributed by atoms with van der Waals surface area (Å²) in [4.78, 5) is 0. The highest BCUT2D eigenvalue weighted by Crippen LogP contribution is 2.28. The van der Waals surface area contributed by atoms with Crippen molar-refractivity contribution in [2.45, 2.75) is 25.8 Å². The van der Waals surface area contributed by atoms with Gasteiger partial charge < -0.3 is 10.5 Å². The van der Waals surface area contributed by atoms with E-state index in [9.17, 15) is 0 Å². The van der Waals surface area contributed by atoms with Crippen LogP contribution >= 0.6 is 34.2 Å². The number of halogens is 2. The maximum atomic E-state index is 6.29. The lowest BCUT2D eigenvalue weighted by Crippen LogP contribution is -2.21. The molecule has 2 rings (SSSR count). The minimum atomic E-state index is 0.148. The summed E-state index contributed by atoms with van der Waals surface area (Å²) < 4.78 is 6.94. The number of rotatable bonds is 5. The van der Waals surface area contributed by atoms with Gasteiger partial charge in [0.25, 0.3) is 0 Å². The predicted octanol–water partition coefficient (Wildman–Crippen LogP) is 5.02. The zero-order chi connectivity index (χ0) is 14.5. The summed E-state index contributed by atoms with van der Waals surface area (Å²) >= 11 is 8.55. The highest BCUT2D eigenvalue weighted by molar-refractivity contribution is 14.1. The van der Waals surface area contributed by atoms with E-state index in [0.717, 1.165) is 33.5 Å². The molecule has 0 amide bonds. The first kappa shape index (κ1) is 15.6. The van der Waals surface area contributed by atoms with Gasteiger partial charge in [0, 0.05) is 14.6 Å². The standard InChI is InChI=1S/C16H17ClINO/c1-2-13(19)8-11-6-7-15(10-16(11)17)20-14-5-3-4-12(18)9-14/h3-7,9-10,13H,2,8,19H2,1H3. The van der Waals surface area contributed by atoms with Crippen LogP contribution in [-0.4, -0.2) is 6.04 Å². The monoisotopic (exact) mass is 401 g/mol. The van der Waals surface area contributed by atoms with Crippen molar-refractivity contribution in [3.63, 3.8) is 0 Å². The van der Waals surface area contributed by atoms with Gasteiger partial charge in [-0.15, -0.1) is 0 Å². The fourth-order valence-electron chi connectivity index (χ4n) is 1.85. The molecule has 0 aliphatic carbocycles. The lowest BCUT2D eigenvalue weighted by atomic mass is 10.0. The third kappa shape index (κ3) is 4.36. The summed E-state index contributed by atoms with van der Waals surface area (Å²) in [6.45, 7) is 2.08. The summed E-state index contributed by atoms with van der Waals surface area (Å²) in [5.74, 6) is 1.55. The summed E-state index contributed by atoms with van der Waals surface area (Å²) in [7, 11) is 0. The highest BCUT2D eigenvalue weighted by atomic mass is 127. The molecule has 0 saturated heterocycles. The van der Waals surface area contributed by atoms with E-state index in [1.807, 2.05) is 42.5 Å². The lowest BCUT2D eigenvalue weighted by molar-refractivity contribution is 0.482. The van der Waals surface area contributed by atoms with E-state index >= 15 is 0 Å². The molecule has 0 bridgehead atoms. The van der Waals surface area contributed by atoms with Crippen molar-refractivity contribution >= 4 is 34.2 Å². The molecule has 4 heteroatoms. The number of nitrogens with two attached hydrogens (primary N) is 1. The third-order valence-electron chi connectivity index (χ3n) is 3.06. The third-order valence-corrected chi connectivity index (χ3v) is 4.09. The number of hydrogen-bond acceptors (Lipinski definition) is 2. The topological polar surface area (TPSA) is 35.2 Å². The van der Waals surface area contributed by atoms with E-state index in [4.69, 9.17) is 22.1 Å². The van der Waals surface area contributed by atoms with Crippen LogP contribution in [0.5, 0.6) is 11.5 Å². The van der Waals surface area contributed by atoms with Crippen LogP contribution < -0.4 is 10.5 Å². The Bertz CT molecular complexity index is 588. The summed E-state index contributed by atoms with van der Waals surface area (Å²) in [6.07, 6.45) is 1.73. The molecule has 0 fully saturated rings. The van der Waals surface area contributed by atoms with Crippen LogP contribution in [0.1, 0.15) is 18.9 Å². The zero-order valence-corrected chi connectivity index (χ0v) is 14.2. The zero-order valence-electron chi connectivity index (χ0n) is 11.3. The molecule has 0 radical (unpaired) electrons. The van der Waals surface area contributed by atoms with Gasteiger partial charge in [-0.2, -0.15) is 0 Å². The maximum Gasteiger partial charge on any atom is 0.128 e. The average molecular weight is 402 g/mol. The fraction of sp³-hybridized carbons (Fsp3) is 0.250. The van der Waals surface area contributed by atoms with Gasteiger partial charge in [-0.3, -0.25) is 0 Å². The second kappa shape index (κ2) is 7.29. The first-order valence-electron chi connectivity index (χ1n) is 6.56. The van der Waals surface area contributed by atoms with Gasteiger partial charge in [0.1, 0.15) is 11.5 Å². The molecule has 0 spiro atoms. The van der Waals surface area contributed by atoms with E-state index in [0.29, 0.717) is 5.02 Å². The minimum Gasteiger partial charge on any atom is -0.457 e. The number of benzene rings is 2. The van der Waals surface area contributed by atoms with Crippen molar-refractivity contribution in [1.29, 1.82) is 0 Å². The molecule has 20 heavy (non-hydrogen) atoms. The van der Waals surface area contributed by atoms with Crippen LogP contribution in [0.15, 0.2) is 42.5 Å². The Morgan fingerprint density at radius 3 is 2.60 bits per heavy atom. The molecule has 0 aliphatic heterocycles. The van der Waals surface area contributed by atoms with E-state index in [1.165, 1.54) is 0 Å². The van der Waals surface area contributed by atoms with Gasteiger partial charge in [0.15, 0.2) is 0 Å². The Hall–Kier alpha value is -0.780. The minimum absolute atomic E-state index is 0.148. The van der Waals surface area contributed by atoms with E-state index in [1.54, 1.807) is 0 Å². The molecule has 2 aromatic rings. The SMILES string of the molecule is CCC(N)Cc1ccc(Oc2cccc(I)c2)cc1Cl. The van der Waals surface area contributed by atoms with Crippen molar-refractivity contribution in [1.82, 2.24) is 0 Å². The molecule has 2 aromatic carbocycles. The largest absolute Gasteiger partial charge is 0.457 e. The van der Waals surface area contributed by atoms with Crippen LogP contribution in [0.2, 0.25) is 5.02 Å². The highest BCUT2D eigenvalue weighted by Gasteiger charge is 2.07. The Kier molecular flexibility index (Phi) is 5.69. The Balaban J connectivity index is 2.13. The second-order valence-electron chi connectivity index (χ2n) is 4.69. The first-order valence-corrected chi connectivity index (χ1v) is 8.01. The Morgan fingerprint density at radius 2 is 1.95 bits per heavy atom. The smallest absolute Gasteiger partial charge is 0.128 e. The predicted molar refractivity (Wildman–Crippen MR) is 92.7 cm³/mol. The molecular formula is C16H17ClINO. The summed E-state index contributed by atoms with van der Waals surface area (Å²) in [5.41, 5.74) is 7.03. The summed E-state index contributed by atoms with van der Waals surface area (Å²) in [6, 6.07) is 13.8. The van der Waals surface area contributed by atoms with E-state index < -0.39 is 0 Å². The first-order chi connectivity index (χ1) is 9.58. The molecule has 1 unspecified atom stereocenters. The van der Waals surface area contributed by atoms with Crippen molar-refractivity contribution in [2.75, 3.05) is 0 Å². The Labute approximate surface area is 138 Å². The Morgan fingerprint density at radius 1 is 1.20 bits per heavy atom. The average Bonchev–Trinajstić information content (AvgIpc) is 2.41. The van der Waals surface area contributed by atoms with E-state index in [2.05, 4.69) is 29.5 Å². The number of hydrogen-bond donors (Lipinski definition) is 1. The van der Waals surface area contributed by atoms with Crippen molar-refractivity contribution in [2.24, 2.45) is 5.73 Å². The fourth-order valence-corrected chi connectivity index (χ4v) is 2.61. The molecule has 0 heterocycles. The van der Waals surface area contributed by atoms with Gasteiger partial charge >= 0.3 is 0 Å². The van der Waals surface area contributed by atoms with Gasteiger partial charge in [0.05, 0.1) is 0 Å². The number of ether oxygens (including phenoxy) is 1. The second-order valence-corrected chi connectivity index (χ2v) is 6.34. The molecule has 106 valence electrons. The van der Waals surface area contributed by atoms with Gasteiger partial charge in [-0.1, -0.05) is 30.7 Å². The molecule has 0 saturated carbocycles. The van der Waals surface area contributed by atoms with Gasteiger partial charge in [-0.25, -0.2) is 0 Å². The normalized spacial score (nSPS) is 12.2. The van der Waals surface area contributed by atoms with Crippen LogP contribution in [-0.2, 0) is 6.42 Å². The van der Waals surface area contributed by atoms with Crippen molar-refractivity contribution < 1.29 is 4.74 Å². The molecule has 0 aliphatic rings. The van der Waals surface area contributed by atoms with Crippen LogP contribution in [0.4, 0.5) is 0 Å². The maximum absolute atomic E-state index is 6.29. The van der Waals surface area contributed by atoms with Gasteiger partial charge in [-0.05, 0) is 71.3 Å². The molecule has 2 N–H and O–H groups in total. The van der Waals surface area contributed by atoms with Crippen molar-refractivity contribution in [3.05, 3.63) is 56.6 Å².